The molecule has 0 aliphatic heterocycles. The standard InChI is InChI=1S/C9H14O2/c1-6-4-8(10)5-7(2)9(6,3)11/h4,7,11H,5H2,1-3H3. The van der Waals surface area contributed by atoms with Gasteiger partial charge in [-0.1, -0.05) is 6.92 Å². The Morgan fingerprint density at radius 1 is 1.73 bits per heavy atom. The summed E-state index contributed by atoms with van der Waals surface area (Å²) in [5.74, 6) is 0.168. The van der Waals surface area contributed by atoms with Gasteiger partial charge < -0.3 is 5.11 Å². The van der Waals surface area contributed by atoms with E-state index in [4.69, 9.17) is 0 Å². The first-order valence-corrected chi connectivity index (χ1v) is 3.88. The average molecular weight is 154 g/mol. The molecule has 0 spiro atoms. The van der Waals surface area contributed by atoms with E-state index in [0.29, 0.717) is 6.42 Å². The zero-order valence-electron chi connectivity index (χ0n) is 7.22. The van der Waals surface area contributed by atoms with E-state index in [9.17, 15) is 9.90 Å². The average Bonchev–Trinajstić information content (AvgIpc) is 1.84. The van der Waals surface area contributed by atoms with E-state index in [-0.39, 0.29) is 11.7 Å². The minimum absolute atomic E-state index is 0.0417. The normalized spacial score (nSPS) is 38.7. The zero-order chi connectivity index (χ0) is 8.65. The van der Waals surface area contributed by atoms with Gasteiger partial charge in [0.2, 0.25) is 0 Å². The van der Waals surface area contributed by atoms with Crippen LogP contribution in [0.4, 0.5) is 0 Å². The van der Waals surface area contributed by atoms with Crippen LogP contribution in [-0.4, -0.2) is 16.5 Å². The second-order valence-corrected chi connectivity index (χ2v) is 3.55. The van der Waals surface area contributed by atoms with Crippen LogP contribution in [0.3, 0.4) is 0 Å². The van der Waals surface area contributed by atoms with Crippen molar-refractivity contribution in [3.8, 4) is 0 Å². The van der Waals surface area contributed by atoms with Crippen molar-refractivity contribution in [2.24, 2.45) is 5.92 Å². The van der Waals surface area contributed by atoms with Crippen LogP contribution in [0.2, 0.25) is 0 Å². The van der Waals surface area contributed by atoms with Crippen LogP contribution in [0.5, 0.6) is 0 Å². The third kappa shape index (κ3) is 1.36. The molecule has 62 valence electrons. The third-order valence-electron chi connectivity index (χ3n) is 2.64. The number of carbonyl (C=O) groups excluding carboxylic acids is 1. The summed E-state index contributed by atoms with van der Waals surface area (Å²) >= 11 is 0. The van der Waals surface area contributed by atoms with Crippen LogP contribution in [0.1, 0.15) is 27.2 Å². The molecule has 1 aliphatic rings. The SMILES string of the molecule is CC1=CC(=O)CC(C)C1(C)O. The molecule has 0 amide bonds. The van der Waals surface area contributed by atoms with Crippen molar-refractivity contribution in [1.82, 2.24) is 0 Å². The van der Waals surface area contributed by atoms with Gasteiger partial charge in [-0.2, -0.15) is 0 Å². The van der Waals surface area contributed by atoms with Crippen LogP contribution in [0.25, 0.3) is 0 Å². The van der Waals surface area contributed by atoms with Crippen molar-refractivity contribution in [3.05, 3.63) is 11.6 Å². The molecule has 2 atom stereocenters. The quantitative estimate of drug-likeness (QED) is 0.571. The van der Waals surface area contributed by atoms with Crippen molar-refractivity contribution in [2.45, 2.75) is 32.8 Å². The fourth-order valence-corrected chi connectivity index (χ4v) is 1.34. The highest BCUT2D eigenvalue weighted by Crippen LogP contribution is 2.31. The summed E-state index contributed by atoms with van der Waals surface area (Å²) in [6.07, 6.45) is 2.00. The Balaban J connectivity index is 2.99. The van der Waals surface area contributed by atoms with Crippen molar-refractivity contribution in [1.29, 1.82) is 0 Å². The van der Waals surface area contributed by atoms with E-state index in [1.807, 2.05) is 6.92 Å². The number of allylic oxidation sites excluding steroid dienone is 1. The van der Waals surface area contributed by atoms with Crippen LogP contribution < -0.4 is 0 Å². The summed E-state index contributed by atoms with van der Waals surface area (Å²) in [5, 5.41) is 9.81. The summed E-state index contributed by atoms with van der Waals surface area (Å²) in [6.45, 7) is 5.46. The number of rotatable bonds is 0. The molecule has 0 aromatic rings. The van der Waals surface area contributed by atoms with Crippen LogP contribution in [0.15, 0.2) is 11.6 Å². The molecule has 0 saturated carbocycles. The Bertz CT molecular complexity index is 214. The van der Waals surface area contributed by atoms with Gasteiger partial charge in [-0.25, -0.2) is 0 Å². The number of hydrogen-bond acceptors (Lipinski definition) is 2. The van der Waals surface area contributed by atoms with E-state index in [0.717, 1.165) is 5.57 Å². The lowest BCUT2D eigenvalue weighted by Crippen LogP contribution is -2.38. The highest BCUT2D eigenvalue weighted by Gasteiger charge is 2.34. The third-order valence-corrected chi connectivity index (χ3v) is 2.64. The first kappa shape index (κ1) is 8.47. The summed E-state index contributed by atoms with van der Waals surface area (Å²) in [6, 6.07) is 0. The second-order valence-electron chi connectivity index (χ2n) is 3.55. The molecule has 1 rings (SSSR count). The first-order valence-electron chi connectivity index (χ1n) is 3.88. The zero-order valence-corrected chi connectivity index (χ0v) is 7.22. The Hall–Kier alpha value is -0.630. The van der Waals surface area contributed by atoms with Crippen LogP contribution in [0, 0.1) is 5.92 Å². The minimum Gasteiger partial charge on any atom is -0.386 e. The molecule has 0 radical (unpaired) electrons. The minimum atomic E-state index is -0.784. The van der Waals surface area contributed by atoms with Crippen molar-refractivity contribution in [3.63, 3.8) is 0 Å². The van der Waals surface area contributed by atoms with Gasteiger partial charge in [0.1, 0.15) is 0 Å². The lowest BCUT2D eigenvalue weighted by molar-refractivity contribution is -0.118. The van der Waals surface area contributed by atoms with Gasteiger partial charge in [-0.3, -0.25) is 4.79 Å². The Morgan fingerprint density at radius 2 is 2.27 bits per heavy atom. The van der Waals surface area contributed by atoms with E-state index >= 15 is 0 Å². The van der Waals surface area contributed by atoms with Gasteiger partial charge in [0.05, 0.1) is 5.60 Å². The lowest BCUT2D eigenvalue weighted by atomic mass is 9.77. The van der Waals surface area contributed by atoms with Crippen molar-refractivity contribution in [2.75, 3.05) is 0 Å². The van der Waals surface area contributed by atoms with E-state index in [1.165, 1.54) is 0 Å². The highest BCUT2D eigenvalue weighted by molar-refractivity contribution is 5.92. The maximum absolute atomic E-state index is 11.0. The van der Waals surface area contributed by atoms with Gasteiger partial charge in [0, 0.05) is 6.42 Å². The van der Waals surface area contributed by atoms with Gasteiger partial charge in [0.15, 0.2) is 5.78 Å². The van der Waals surface area contributed by atoms with Gasteiger partial charge >= 0.3 is 0 Å². The maximum atomic E-state index is 11.0. The number of aliphatic hydroxyl groups is 1. The largest absolute Gasteiger partial charge is 0.386 e. The summed E-state index contributed by atoms with van der Waals surface area (Å²) in [5.41, 5.74) is -0.00488. The number of carbonyl (C=O) groups is 1. The predicted molar refractivity (Wildman–Crippen MR) is 43.2 cm³/mol. The first-order chi connectivity index (χ1) is 4.94. The topological polar surface area (TPSA) is 37.3 Å². The molecular weight excluding hydrogens is 140 g/mol. The Labute approximate surface area is 66.9 Å². The molecule has 0 aromatic heterocycles. The summed E-state index contributed by atoms with van der Waals surface area (Å²) in [4.78, 5) is 11.0. The number of hydrogen-bond donors (Lipinski definition) is 1. The fourth-order valence-electron chi connectivity index (χ4n) is 1.34. The molecule has 0 saturated heterocycles. The van der Waals surface area contributed by atoms with E-state index in [2.05, 4.69) is 0 Å². The molecule has 1 N–H and O–H groups in total. The van der Waals surface area contributed by atoms with Crippen LogP contribution >= 0.6 is 0 Å². The van der Waals surface area contributed by atoms with Crippen LogP contribution in [-0.2, 0) is 4.79 Å². The summed E-state index contributed by atoms with van der Waals surface area (Å²) < 4.78 is 0. The number of ketones is 1. The molecule has 1 aliphatic carbocycles. The molecule has 11 heavy (non-hydrogen) atoms. The smallest absolute Gasteiger partial charge is 0.156 e. The highest BCUT2D eigenvalue weighted by atomic mass is 16.3. The molecule has 0 fully saturated rings. The molecule has 2 nitrogen and oxygen atoms in total. The monoisotopic (exact) mass is 154 g/mol. The molecule has 0 bridgehead atoms. The van der Waals surface area contributed by atoms with Crippen molar-refractivity contribution >= 4 is 5.78 Å². The van der Waals surface area contributed by atoms with Gasteiger partial charge in [-0.15, -0.1) is 0 Å². The second kappa shape index (κ2) is 2.45. The molecule has 0 aromatic carbocycles. The Kier molecular flexibility index (Phi) is 1.89. The van der Waals surface area contributed by atoms with Gasteiger partial charge in [0.25, 0.3) is 0 Å². The molecule has 2 heteroatoms. The predicted octanol–water partition coefficient (Wildman–Crippen LogP) is 1.29. The van der Waals surface area contributed by atoms with E-state index < -0.39 is 5.60 Å². The Morgan fingerprint density at radius 3 is 2.73 bits per heavy atom. The lowest BCUT2D eigenvalue weighted by Gasteiger charge is -2.33. The molecule has 2 unspecified atom stereocenters. The van der Waals surface area contributed by atoms with E-state index in [1.54, 1.807) is 19.9 Å². The van der Waals surface area contributed by atoms with Crippen molar-refractivity contribution < 1.29 is 9.90 Å². The van der Waals surface area contributed by atoms with Gasteiger partial charge in [-0.05, 0) is 31.4 Å². The fraction of sp³-hybridized carbons (Fsp3) is 0.667. The molecular formula is C9H14O2. The maximum Gasteiger partial charge on any atom is 0.156 e. The summed E-state index contributed by atoms with van der Waals surface area (Å²) in [7, 11) is 0. The molecule has 0 heterocycles.